The van der Waals surface area contributed by atoms with Crippen molar-refractivity contribution in [3.8, 4) is 0 Å². The standard InChI is InChI=1S/C19H22N4O2/c24-18(21-16-5-4-10-20-15-16)8-9-19(25)23-13-11-22(12-14-23)17-6-2-1-3-7-17/h1-7,10,15H,8-9,11-14H2,(H,21,24). The molecule has 1 aromatic carbocycles. The van der Waals surface area contributed by atoms with Crippen LogP contribution < -0.4 is 10.2 Å². The molecule has 1 saturated heterocycles. The molecule has 0 saturated carbocycles. The summed E-state index contributed by atoms with van der Waals surface area (Å²) in [5.41, 5.74) is 1.84. The number of pyridine rings is 1. The van der Waals surface area contributed by atoms with Gasteiger partial charge in [-0.15, -0.1) is 0 Å². The summed E-state index contributed by atoms with van der Waals surface area (Å²) in [6, 6.07) is 13.7. The first-order valence-electron chi connectivity index (χ1n) is 8.50. The van der Waals surface area contributed by atoms with Crippen molar-refractivity contribution in [3.05, 3.63) is 54.9 Å². The van der Waals surface area contributed by atoms with E-state index in [9.17, 15) is 9.59 Å². The summed E-state index contributed by atoms with van der Waals surface area (Å²) in [4.78, 5) is 32.3. The van der Waals surface area contributed by atoms with E-state index in [0.29, 0.717) is 18.8 Å². The number of carbonyl (C=O) groups excluding carboxylic acids is 2. The van der Waals surface area contributed by atoms with Crippen molar-refractivity contribution in [1.29, 1.82) is 0 Å². The van der Waals surface area contributed by atoms with E-state index in [1.807, 2.05) is 23.1 Å². The van der Waals surface area contributed by atoms with Gasteiger partial charge in [0.2, 0.25) is 11.8 Å². The number of rotatable bonds is 5. The molecule has 0 radical (unpaired) electrons. The van der Waals surface area contributed by atoms with Crippen LogP contribution in [0.3, 0.4) is 0 Å². The molecule has 0 bridgehead atoms. The zero-order valence-corrected chi connectivity index (χ0v) is 14.1. The lowest BCUT2D eigenvalue weighted by molar-refractivity contribution is -0.133. The van der Waals surface area contributed by atoms with E-state index in [1.54, 1.807) is 24.5 Å². The highest BCUT2D eigenvalue weighted by Gasteiger charge is 2.21. The third-order valence-electron chi connectivity index (χ3n) is 4.26. The molecule has 2 heterocycles. The minimum absolute atomic E-state index is 0.0362. The van der Waals surface area contributed by atoms with E-state index < -0.39 is 0 Å². The Labute approximate surface area is 147 Å². The molecule has 6 nitrogen and oxygen atoms in total. The second-order valence-corrected chi connectivity index (χ2v) is 5.99. The lowest BCUT2D eigenvalue weighted by Gasteiger charge is -2.36. The second-order valence-electron chi connectivity index (χ2n) is 5.99. The number of hydrogen-bond donors (Lipinski definition) is 1. The monoisotopic (exact) mass is 338 g/mol. The van der Waals surface area contributed by atoms with Gasteiger partial charge in [-0.05, 0) is 24.3 Å². The molecule has 6 heteroatoms. The van der Waals surface area contributed by atoms with Crippen LogP contribution in [-0.4, -0.2) is 47.9 Å². The molecule has 0 aliphatic carbocycles. The number of piperazine rings is 1. The molecule has 3 rings (SSSR count). The first kappa shape index (κ1) is 17.0. The van der Waals surface area contributed by atoms with E-state index in [1.165, 1.54) is 5.69 Å². The van der Waals surface area contributed by atoms with Crippen LogP contribution in [0, 0.1) is 0 Å². The normalized spacial score (nSPS) is 14.2. The third-order valence-corrected chi connectivity index (χ3v) is 4.26. The Balaban J connectivity index is 1.41. The number of nitrogens with zero attached hydrogens (tertiary/aromatic N) is 3. The van der Waals surface area contributed by atoms with E-state index in [-0.39, 0.29) is 24.7 Å². The Morgan fingerprint density at radius 3 is 2.40 bits per heavy atom. The minimum Gasteiger partial charge on any atom is -0.368 e. The van der Waals surface area contributed by atoms with Gasteiger partial charge in [-0.2, -0.15) is 0 Å². The summed E-state index contributed by atoms with van der Waals surface area (Å²) in [7, 11) is 0. The summed E-state index contributed by atoms with van der Waals surface area (Å²) in [5, 5.41) is 2.75. The molecule has 0 atom stereocenters. The summed E-state index contributed by atoms with van der Waals surface area (Å²) in [6.45, 7) is 3.02. The van der Waals surface area contributed by atoms with E-state index in [0.717, 1.165) is 13.1 Å². The quantitative estimate of drug-likeness (QED) is 0.907. The predicted molar refractivity (Wildman–Crippen MR) is 97.3 cm³/mol. The molecule has 0 unspecified atom stereocenters. The zero-order valence-electron chi connectivity index (χ0n) is 14.1. The molecule has 25 heavy (non-hydrogen) atoms. The van der Waals surface area contributed by atoms with Crippen LogP contribution in [0.1, 0.15) is 12.8 Å². The van der Waals surface area contributed by atoms with Crippen LogP contribution in [0.2, 0.25) is 0 Å². The molecular weight excluding hydrogens is 316 g/mol. The summed E-state index contributed by atoms with van der Waals surface area (Å²) < 4.78 is 0. The van der Waals surface area contributed by atoms with Gasteiger partial charge in [0.25, 0.3) is 0 Å². The number of aromatic nitrogens is 1. The number of hydrogen-bond acceptors (Lipinski definition) is 4. The van der Waals surface area contributed by atoms with Crippen molar-refractivity contribution in [3.63, 3.8) is 0 Å². The van der Waals surface area contributed by atoms with Crippen molar-refractivity contribution in [1.82, 2.24) is 9.88 Å². The van der Waals surface area contributed by atoms with Crippen LogP contribution in [0.25, 0.3) is 0 Å². The Morgan fingerprint density at radius 1 is 0.960 bits per heavy atom. The van der Waals surface area contributed by atoms with Gasteiger partial charge >= 0.3 is 0 Å². The molecule has 2 aromatic rings. The first-order chi connectivity index (χ1) is 12.2. The lowest BCUT2D eigenvalue weighted by Crippen LogP contribution is -2.48. The number of amides is 2. The van der Waals surface area contributed by atoms with Gasteiger partial charge in [-0.1, -0.05) is 18.2 Å². The van der Waals surface area contributed by atoms with Crippen molar-refractivity contribution >= 4 is 23.2 Å². The van der Waals surface area contributed by atoms with E-state index in [4.69, 9.17) is 0 Å². The van der Waals surface area contributed by atoms with Gasteiger partial charge in [0.05, 0.1) is 11.9 Å². The van der Waals surface area contributed by atoms with Gasteiger partial charge in [-0.3, -0.25) is 14.6 Å². The van der Waals surface area contributed by atoms with Crippen molar-refractivity contribution in [2.75, 3.05) is 36.4 Å². The van der Waals surface area contributed by atoms with Gasteiger partial charge in [0.1, 0.15) is 0 Å². The number of para-hydroxylation sites is 1. The Bertz CT molecular complexity index is 698. The van der Waals surface area contributed by atoms with Crippen LogP contribution in [0.4, 0.5) is 11.4 Å². The van der Waals surface area contributed by atoms with Crippen molar-refractivity contribution in [2.45, 2.75) is 12.8 Å². The maximum Gasteiger partial charge on any atom is 0.224 e. The molecular formula is C19H22N4O2. The van der Waals surface area contributed by atoms with Crippen LogP contribution in [0.5, 0.6) is 0 Å². The molecule has 1 N–H and O–H groups in total. The maximum absolute atomic E-state index is 12.3. The topological polar surface area (TPSA) is 65.5 Å². The molecule has 1 aliphatic rings. The number of nitrogens with one attached hydrogen (secondary N) is 1. The average Bonchev–Trinajstić information content (AvgIpc) is 2.68. The van der Waals surface area contributed by atoms with Gasteiger partial charge < -0.3 is 15.1 Å². The average molecular weight is 338 g/mol. The first-order valence-corrected chi connectivity index (χ1v) is 8.50. The lowest BCUT2D eigenvalue weighted by atomic mass is 10.2. The SMILES string of the molecule is O=C(CCC(=O)N1CCN(c2ccccc2)CC1)Nc1cccnc1. The summed E-state index contributed by atoms with van der Waals surface area (Å²) in [6.07, 6.45) is 3.65. The highest BCUT2D eigenvalue weighted by atomic mass is 16.2. The summed E-state index contributed by atoms with van der Waals surface area (Å²) >= 11 is 0. The zero-order chi connectivity index (χ0) is 17.5. The molecule has 1 aliphatic heterocycles. The van der Waals surface area contributed by atoms with Gasteiger partial charge in [0.15, 0.2) is 0 Å². The van der Waals surface area contributed by atoms with Gasteiger partial charge in [-0.25, -0.2) is 0 Å². The molecule has 0 spiro atoms. The van der Waals surface area contributed by atoms with E-state index in [2.05, 4.69) is 27.3 Å². The predicted octanol–water partition coefficient (Wildman–Crippen LogP) is 2.15. The molecule has 1 aromatic heterocycles. The highest BCUT2D eigenvalue weighted by Crippen LogP contribution is 2.16. The molecule has 2 amide bonds. The fourth-order valence-electron chi connectivity index (χ4n) is 2.89. The van der Waals surface area contributed by atoms with Gasteiger partial charge in [0, 0.05) is 50.9 Å². The van der Waals surface area contributed by atoms with Crippen molar-refractivity contribution < 1.29 is 9.59 Å². The fourth-order valence-corrected chi connectivity index (χ4v) is 2.89. The summed E-state index contributed by atoms with van der Waals surface area (Å²) in [5.74, 6) is -0.127. The number of carbonyl (C=O) groups is 2. The number of benzene rings is 1. The largest absolute Gasteiger partial charge is 0.368 e. The smallest absolute Gasteiger partial charge is 0.224 e. The Kier molecular flexibility index (Phi) is 5.61. The molecule has 130 valence electrons. The fraction of sp³-hybridized carbons (Fsp3) is 0.316. The van der Waals surface area contributed by atoms with Crippen LogP contribution in [0.15, 0.2) is 54.9 Å². The third kappa shape index (κ3) is 4.79. The van der Waals surface area contributed by atoms with Crippen LogP contribution >= 0.6 is 0 Å². The Hall–Kier alpha value is -2.89. The van der Waals surface area contributed by atoms with E-state index >= 15 is 0 Å². The molecule has 1 fully saturated rings. The van der Waals surface area contributed by atoms with Crippen LogP contribution in [-0.2, 0) is 9.59 Å². The Morgan fingerprint density at radius 2 is 1.72 bits per heavy atom. The minimum atomic E-state index is -0.163. The highest BCUT2D eigenvalue weighted by molar-refractivity contribution is 5.93. The maximum atomic E-state index is 12.3. The number of anilines is 2. The second kappa shape index (κ2) is 8.28. The van der Waals surface area contributed by atoms with Crippen molar-refractivity contribution in [2.24, 2.45) is 0 Å².